The van der Waals surface area contributed by atoms with Crippen molar-refractivity contribution in [1.82, 2.24) is 0 Å². The molecule has 0 aliphatic heterocycles. The summed E-state index contributed by atoms with van der Waals surface area (Å²) in [6.45, 7) is 19.6. The Morgan fingerprint density at radius 1 is 0.688 bits per heavy atom. The Labute approximate surface area is 104 Å². The number of hydrogen-bond acceptors (Lipinski definition) is 0. The third-order valence-corrected chi connectivity index (χ3v) is 8.90. The van der Waals surface area contributed by atoms with Crippen molar-refractivity contribution < 1.29 is 0 Å². The lowest BCUT2D eigenvalue weighted by molar-refractivity contribution is 0.973. The van der Waals surface area contributed by atoms with Gasteiger partial charge in [0, 0.05) is 0 Å². The molecule has 0 aromatic carbocycles. The summed E-state index contributed by atoms with van der Waals surface area (Å²) >= 11 is 0. The standard InChI is InChI=1S/C14H28Si2/c1-11-12(2)14(16(6,7)8)10-9-13(11)15(3,4)5/h9-10,13-14H,1-8H3. The van der Waals surface area contributed by atoms with Gasteiger partial charge in [0.25, 0.3) is 0 Å². The maximum Gasteiger partial charge on any atom is 0.0561 e. The fourth-order valence-corrected chi connectivity index (χ4v) is 7.31. The van der Waals surface area contributed by atoms with Crippen LogP contribution in [0, 0.1) is 0 Å². The molecule has 0 bridgehead atoms. The molecule has 0 amide bonds. The quantitative estimate of drug-likeness (QED) is 0.461. The highest BCUT2D eigenvalue weighted by atomic mass is 28.3. The minimum Gasteiger partial charge on any atom is -0.0838 e. The number of hydrogen-bond donors (Lipinski definition) is 0. The van der Waals surface area contributed by atoms with Gasteiger partial charge in [0.1, 0.15) is 0 Å². The predicted molar refractivity (Wildman–Crippen MR) is 81.7 cm³/mol. The Balaban J connectivity index is 3.08. The molecule has 1 rings (SSSR count). The highest BCUT2D eigenvalue weighted by Gasteiger charge is 2.34. The number of allylic oxidation sites excluding steroid dienone is 4. The van der Waals surface area contributed by atoms with Crippen molar-refractivity contribution in [3.05, 3.63) is 23.3 Å². The zero-order valence-corrected chi connectivity index (χ0v) is 14.3. The first-order valence-electron chi connectivity index (χ1n) is 6.40. The molecule has 1 aliphatic carbocycles. The Morgan fingerprint density at radius 3 is 1.12 bits per heavy atom. The smallest absolute Gasteiger partial charge is 0.0561 e. The fraction of sp³-hybridized carbons (Fsp3) is 0.714. The van der Waals surface area contributed by atoms with Gasteiger partial charge in [-0.2, -0.15) is 0 Å². The summed E-state index contributed by atoms with van der Waals surface area (Å²) in [4.78, 5) is 0. The lowest BCUT2D eigenvalue weighted by atomic mass is 9.99. The molecule has 0 N–H and O–H groups in total. The Hall–Kier alpha value is -0.0862. The zero-order valence-electron chi connectivity index (χ0n) is 12.3. The molecule has 16 heavy (non-hydrogen) atoms. The maximum atomic E-state index is 2.53. The van der Waals surface area contributed by atoms with E-state index in [2.05, 4.69) is 65.3 Å². The van der Waals surface area contributed by atoms with Crippen LogP contribution in [0.25, 0.3) is 0 Å². The van der Waals surface area contributed by atoms with E-state index in [1.54, 1.807) is 11.1 Å². The van der Waals surface area contributed by atoms with Gasteiger partial charge in [-0.05, 0) is 24.9 Å². The molecule has 0 nitrogen and oxygen atoms in total. The first-order valence-corrected chi connectivity index (χ1v) is 13.6. The van der Waals surface area contributed by atoms with Crippen LogP contribution < -0.4 is 0 Å². The average molecular weight is 253 g/mol. The van der Waals surface area contributed by atoms with Gasteiger partial charge in [-0.1, -0.05) is 62.6 Å². The molecule has 0 saturated heterocycles. The van der Waals surface area contributed by atoms with Crippen molar-refractivity contribution in [2.24, 2.45) is 0 Å². The normalized spacial score (nSPS) is 27.5. The van der Waals surface area contributed by atoms with E-state index in [-0.39, 0.29) is 0 Å². The van der Waals surface area contributed by atoms with E-state index in [1.165, 1.54) is 0 Å². The van der Waals surface area contributed by atoms with Crippen molar-refractivity contribution in [1.29, 1.82) is 0 Å². The molecule has 92 valence electrons. The molecule has 0 heterocycles. The second kappa shape index (κ2) is 4.30. The summed E-state index contributed by atoms with van der Waals surface area (Å²) in [7, 11) is -2.16. The van der Waals surface area contributed by atoms with Gasteiger partial charge in [0.15, 0.2) is 0 Å². The molecule has 0 fully saturated rings. The van der Waals surface area contributed by atoms with Crippen LogP contribution in [0.15, 0.2) is 23.3 Å². The van der Waals surface area contributed by atoms with Crippen molar-refractivity contribution in [3.8, 4) is 0 Å². The van der Waals surface area contributed by atoms with Crippen LogP contribution in [0.3, 0.4) is 0 Å². The molecular weight excluding hydrogens is 224 g/mol. The molecule has 1 aliphatic rings. The van der Waals surface area contributed by atoms with E-state index in [0.717, 1.165) is 11.1 Å². The van der Waals surface area contributed by atoms with E-state index in [4.69, 9.17) is 0 Å². The molecular formula is C14H28Si2. The summed E-state index contributed by atoms with van der Waals surface area (Å²) in [5.74, 6) is 0. The van der Waals surface area contributed by atoms with E-state index < -0.39 is 16.1 Å². The lowest BCUT2D eigenvalue weighted by Crippen LogP contribution is -2.34. The summed E-state index contributed by atoms with van der Waals surface area (Å²) in [5.41, 5.74) is 4.88. The summed E-state index contributed by atoms with van der Waals surface area (Å²) in [6.07, 6.45) is 5.05. The van der Waals surface area contributed by atoms with Gasteiger partial charge >= 0.3 is 0 Å². The zero-order chi connectivity index (χ0) is 12.7. The molecule has 2 unspecified atom stereocenters. The highest BCUT2D eigenvalue weighted by Crippen LogP contribution is 2.44. The van der Waals surface area contributed by atoms with Gasteiger partial charge in [-0.25, -0.2) is 0 Å². The Morgan fingerprint density at radius 2 is 0.938 bits per heavy atom. The molecule has 2 atom stereocenters. The fourth-order valence-electron chi connectivity index (χ4n) is 2.88. The van der Waals surface area contributed by atoms with Crippen molar-refractivity contribution >= 4 is 16.1 Å². The molecule has 0 spiro atoms. The van der Waals surface area contributed by atoms with Gasteiger partial charge in [-0.3, -0.25) is 0 Å². The Bertz CT molecular complexity index is 292. The predicted octanol–water partition coefficient (Wildman–Crippen LogP) is 5.31. The SMILES string of the molecule is CC1=C(C)C([Si](C)(C)C)C=CC1[Si](C)(C)C. The van der Waals surface area contributed by atoms with Gasteiger partial charge in [0.05, 0.1) is 16.1 Å². The minimum absolute atomic E-state index is 0.764. The van der Waals surface area contributed by atoms with Crippen LogP contribution in [0.2, 0.25) is 50.4 Å². The summed E-state index contributed by atoms with van der Waals surface area (Å²) < 4.78 is 0. The second-order valence-corrected chi connectivity index (χ2v) is 18.1. The van der Waals surface area contributed by atoms with E-state index in [9.17, 15) is 0 Å². The van der Waals surface area contributed by atoms with Crippen LogP contribution in [-0.4, -0.2) is 16.1 Å². The summed E-state index contributed by atoms with van der Waals surface area (Å²) in [5, 5.41) is 0. The largest absolute Gasteiger partial charge is 0.0838 e. The lowest BCUT2D eigenvalue weighted by Gasteiger charge is -2.37. The molecule has 0 saturated carbocycles. The van der Waals surface area contributed by atoms with Crippen molar-refractivity contribution in [3.63, 3.8) is 0 Å². The van der Waals surface area contributed by atoms with E-state index >= 15 is 0 Å². The van der Waals surface area contributed by atoms with Crippen molar-refractivity contribution in [2.75, 3.05) is 0 Å². The topological polar surface area (TPSA) is 0 Å². The Kier molecular flexibility index (Phi) is 3.76. The first-order chi connectivity index (χ1) is 7.05. The van der Waals surface area contributed by atoms with Crippen LogP contribution in [-0.2, 0) is 0 Å². The van der Waals surface area contributed by atoms with Gasteiger partial charge in [0.2, 0.25) is 0 Å². The minimum atomic E-state index is -1.08. The maximum absolute atomic E-state index is 2.53. The average Bonchev–Trinajstić information content (AvgIpc) is 2.05. The molecule has 0 aromatic rings. The molecule has 0 radical (unpaired) electrons. The monoisotopic (exact) mass is 252 g/mol. The highest BCUT2D eigenvalue weighted by molar-refractivity contribution is 6.80. The summed E-state index contributed by atoms with van der Waals surface area (Å²) in [6, 6.07) is 0. The third kappa shape index (κ3) is 2.78. The third-order valence-electron chi connectivity index (χ3n) is 3.92. The van der Waals surface area contributed by atoms with E-state index in [1.807, 2.05) is 0 Å². The van der Waals surface area contributed by atoms with Crippen LogP contribution in [0.1, 0.15) is 13.8 Å². The van der Waals surface area contributed by atoms with Gasteiger partial charge in [-0.15, -0.1) is 0 Å². The van der Waals surface area contributed by atoms with Gasteiger partial charge < -0.3 is 0 Å². The van der Waals surface area contributed by atoms with E-state index in [0.29, 0.717) is 0 Å². The van der Waals surface area contributed by atoms with Crippen LogP contribution >= 0.6 is 0 Å². The molecule has 2 heteroatoms. The molecule has 0 aromatic heterocycles. The van der Waals surface area contributed by atoms with Crippen LogP contribution in [0.4, 0.5) is 0 Å². The van der Waals surface area contributed by atoms with Crippen LogP contribution in [0.5, 0.6) is 0 Å². The second-order valence-electron chi connectivity index (χ2n) is 7.44. The van der Waals surface area contributed by atoms with Crippen molar-refractivity contribution in [2.45, 2.75) is 64.2 Å². The first kappa shape index (κ1) is 14.0. The number of rotatable bonds is 2.